The monoisotopic (exact) mass is 359 g/mol. The standard InChI is InChI=1S/C19H26FN5O/c1-12(20)17-23-18(21)25-19(24-17)22-16(14-4-3-5-14)11-8-13-6-9-15(26-2)10-7-13/h6-7,9-10,12,14,16H,3-5,8,11H2,1-2H3,(H3,21,22,23,24,25)/t12?,16-/m0/s1. The van der Waals surface area contributed by atoms with Gasteiger partial charge < -0.3 is 15.8 Å². The highest BCUT2D eigenvalue weighted by atomic mass is 19.1. The number of nitrogens with zero attached hydrogens (tertiary/aromatic N) is 3. The lowest BCUT2D eigenvalue weighted by atomic mass is 9.78. The minimum atomic E-state index is -1.28. The minimum Gasteiger partial charge on any atom is -0.497 e. The van der Waals surface area contributed by atoms with Crippen LogP contribution in [0.25, 0.3) is 0 Å². The number of rotatable bonds is 8. The van der Waals surface area contributed by atoms with E-state index in [0.29, 0.717) is 11.9 Å². The van der Waals surface area contributed by atoms with Crippen LogP contribution in [0.1, 0.15) is 50.2 Å². The lowest BCUT2D eigenvalue weighted by molar-refractivity contribution is 0.265. The molecule has 7 heteroatoms. The van der Waals surface area contributed by atoms with E-state index in [-0.39, 0.29) is 17.8 Å². The zero-order valence-electron chi connectivity index (χ0n) is 15.3. The average Bonchev–Trinajstić information content (AvgIpc) is 2.58. The van der Waals surface area contributed by atoms with Gasteiger partial charge in [-0.25, -0.2) is 4.39 Å². The number of alkyl halides is 1. The fraction of sp³-hybridized carbons (Fsp3) is 0.526. The second-order valence-corrected chi connectivity index (χ2v) is 6.82. The van der Waals surface area contributed by atoms with E-state index in [2.05, 4.69) is 32.4 Å². The van der Waals surface area contributed by atoms with Crippen molar-refractivity contribution in [3.63, 3.8) is 0 Å². The van der Waals surface area contributed by atoms with Crippen LogP contribution in [0.4, 0.5) is 16.3 Å². The van der Waals surface area contributed by atoms with Gasteiger partial charge in [-0.15, -0.1) is 0 Å². The molecule has 140 valence electrons. The number of hydrogen-bond donors (Lipinski definition) is 2. The molecule has 2 aromatic rings. The zero-order chi connectivity index (χ0) is 18.5. The highest BCUT2D eigenvalue weighted by molar-refractivity contribution is 5.33. The quantitative estimate of drug-likeness (QED) is 0.747. The molecule has 1 aromatic carbocycles. The molecule has 3 rings (SSSR count). The van der Waals surface area contributed by atoms with E-state index in [1.165, 1.54) is 31.7 Å². The van der Waals surface area contributed by atoms with Crippen molar-refractivity contribution >= 4 is 11.9 Å². The van der Waals surface area contributed by atoms with Crippen LogP contribution >= 0.6 is 0 Å². The van der Waals surface area contributed by atoms with Gasteiger partial charge in [0.1, 0.15) is 5.75 Å². The van der Waals surface area contributed by atoms with Gasteiger partial charge in [-0.2, -0.15) is 15.0 Å². The summed E-state index contributed by atoms with van der Waals surface area (Å²) in [5.41, 5.74) is 6.96. The first-order chi connectivity index (χ1) is 12.5. The maximum absolute atomic E-state index is 13.6. The highest BCUT2D eigenvalue weighted by Gasteiger charge is 2.28. The summed E-state index contributed by atoms with van der Waals surface area (Å²) in [6, 6.07) is 8.35. The first-order valence-corrected chi connectivity index (χ1v) is 9.10. The Morgan fingerprint density at radius 2 is 1.96 bits per heavy atom. The topological polar surface area (TPSA) is 86.0 Å². The van der Waals surface area contributed by atoms with E-state index in [4.69, 9.17) is 10.5 Å². The number of nitrogen functional groups attached to an aromatic ring is 1. The van der Waals surface area contributed by atoms with Crippen molar-refractivity contribution in [2.75, 3.05) is 18.2 Å². The van der Waals surface area contributed by atoms with E-state index in [1.807, 2.05) is 12.1 Å². The first-order valence-electron chi connectivity index (χ1n) is 9.10. The van der Waals surface area contributed by atoms with Crippen LogP contribution in [0.2, 0.25) is 0 Å². The zero-order valence-corrected chi connectivity index (χ0v) is 15.3. The Bertz CT molecular complexity index is 718. The predicted octanol–water partition coefficient (Wildman–Crippen LogP) is 3.71. The molecule has 0 bridgehead atoms. The molecule has 2 atom stereocenters. The summed E-state index contributed by atoms with van der Waals surface area (Å²) < 4.78 is 18.8. The Kier molecular flexibility index (Phi) is 5.85. The van der Waals surface area contributed by atoms with Crippen LogP contribution in [0.5, 0.6) is 5.75 Å². The number of nitrogens with two attached hydrogens (primary N) is 1. The molecule has 1 aromatic heterocycles. The van der Waals surface area contributed by atoms with Crippen molar-refractivity contribution in [2.45, 2.75) is 51.2 Å². The van der Waals surface area contributed by atoms with E-state index >= 15 is 0 Å². The number of ether oxygens (including phenoxy) is 1. The molecule has 0 radical (unpaired) electrons. The summed E-state index contributed by atoms with van der Waals surface area (Å²) in [5.74, 6) is 1.92. The van der Waals surface area contributed by atoms with Crippen LogP contribution in [0.15, 0.2) is 24.3 Å². The van der Waals surface area contributed by atoms with Gasteiger partial charge in [0.15, 0.2) is 12.0 Å². The molecule has 6 nitrogen and oxygen atoms in total. The molecule has 1 saturated carbocycles. The van der Waals surface area contributed by atoms with Crippen molar-refractivity contribution in [3.8, 4) is 5.75 Å². The molecule has 26 heavy (non-hydrogen) atoms. The van der Waals surface area contributed by atoms with Gasteiger partial charge in [0.2, 0.25) is 11.9 Å². The third kappa shape index (κ3) is 4.59. The summed E-state index contributed by atoms with van der Waals surface area (Å²) >= 11 is 0. The van der Waals surface area contributed by atoms with Crippen LogP contribution in [0, 0.1) is 5.92 Å². The van der Waals surface area contributed by atoms with Crippen LogP contribution in [-0.4, -0.2) is 28.1 Å². The number of aryl methyl sites for hydroxylation is 1. The van der Waals surface area contributed by atoms with Crippen molar-refractivity contribution < 1.29 is 9.13 Å². The normalized spacial score (nSPS) is 16.6. The molecular formula is C19H26FN5O. The predicted molar refractivity (Wildman–Crippen MR) is 99.8 cm³/mol. The third-order valence-corrected chi connectivity index (χ3v) is 4.96. The second-order valence-electron chi connectivity index (χ2n) is 6.82. The van der Waals surface area contributed by atoms with Gasteiger partial charge in [0.05, 0.1) is 7.11 Å². The molecule has 3 N–H and O–H groups in total. The summed E-state index contributed by atoms with van der Waals surface area (Å²) in [5, 5.41) is 3.38. The van der Waals surface area contributed by atoms with E-state index in [0.717, 1.165) is 18.6 Å². The SMILES string of the molecule is COc1ccc(CC[C@H](Nc2nc(N)nc(C(C)F)n2)C2CCC2)cc1. The minimum absolute atomic E-state index is 0.0458. The molecule has 1 heterocycles. The largest absolute Gasteiger partial charge is 0.497 e. The lowest BCUT2D eigenvalue weighted by Crippen LogP contribution is -2.35. The summed E-state index contributed by atoms with van der Waals surface area (Å²) in [6.07, 6.45) is 4.23. The van der Waals surface area contributed by atoms with Crippen LogP contribution in [0.3, 0.4) is 0 Å². The molecule has 1 aliphatic rings. The fourth-order valence-corrected chi connectivity index (χ4v) is 3.20. The van der Waals surface area contributed by atoms with Crippen molar-refractivity contribution in [1.82, 2.24) is 15.0 Å². The number of halogens is 1. The lowest BCUT2D eigenvalue weighted by Gasteiger charge is -2.34. The van der Waals surface area contributed by atoms with Gasteiger partial charge in [0.25, 0.3) is 0 Å². The Hall–Kier alpha value is -2.44. The molecule has 0 amide bonds. The maximum atomic E-state index is 13.6. The maximum Gasteiger partial charge on any atom is 0.228 e. The van der Waals surface area contributed by atoms with E-state index in [9.17, 15) is 4.39 Å². The number of aromatic nitrogens is 3. The molecule has 1 unspecified atom stereocenters. The Labute approximate surface area is 153 Å². The number of nitrogens with one attached hydrogen (secondary N) is 1. The number of benzene rings is 1. The van der Waals surface area contributed by atoms with Gasteiger partial charge in [-0.05, 0) is 56.2 Å². The number of methoxy groups -OCH3 is 1. The summed E-state index contributed by atoms with van der Waals surface area (Å²) in [7, 11) is 1.67. The summed E-state index contributed by atoms with van der Waals surface area (Å²) in [6.45, 7) is 1.39. The van der Waals surface area contributed by atoms with Gasteiger partial charge >= 0.3 is 0 Å². The highest BCUT2D eigenvalue weighted by Crippen LogP contribution is 2.33. The molecular weight excluding hydrogens is 333 g/mol. The van der Waals surface area contributed by atoms with E-state index in [1.54, 1.807) is 7.11 Å². The van der Waals surface area contributed by atoms with Crippen molar-refractivity contribution in [3.05, 3.63) is 35.7 Å². The smallest absolute Gasteiger partial charge is 0.228 e. The van der Waals surface area contributed by atoms with Crippen LogP contribution in [-0.2, 0) is 6.42 Å². The molecule has 0 spiro atoms. The van der Waals surface area contributed by atoms with Crippen LogP contribution < -0.4 is 15.8 Å². The Morgan fingerprint density at radius 3 is 2.54 bits per heavy atom. The van der Waals surface area contributed by atoms with Gasteiger partial charge in [-0.1, -0.05) is 18.6 Å². The number of anilines is 2. The molecule has 0 aliphatic heterocycles. The fourth-order valence-electron chi connectivity index (χ4n) is 3.20. The average molecular weight is 359 g/mol. The molecule has 1 fully saturated rings. The van der Waals surface area contributed by atoms with Gasteiger partial charge in [0, 0.05) is 6.04 Å². The molecule has 0 saturated heterocycles. The third-order valence-electron chi connectivity index (χ3n) is 4.96. The second kappa shape index (κ2) is 8.29. The first kappa shape index (κ1) is 18.4. The van der Waals surface area contributed by atoms with Gasteiger partial charge in [-0.3, -0.25) is 0 Å². The summed E-state index contributed by atoms with van der Waals surface area (Å²) in [4.78, 5) is 12.2. The molecule has 1 aliphatic carbocycles. The van der Waals surface area contributed by atoms with Crippen molar-refractivity contribution in [1.29, 1.82) is 0 Å². The number of hydrogen-bond acceptors (Lipinski definition) is 6. The van der Waals surface area contributed by atoms with Crippen molar-refractivity contribution in [2.24, 2.45) is 5.92 Å². The Morgan fingerprint density at radius 1 is 1.23 bits per heavy atom. The van der Waals surface area contributed by atoms with E-state index < -0.39 is 6.17 Å². The Balaban J connectivity index is 1.68.